The minimum atomic E-state index is -2.87. The number of aliphatic hydroxyl groups excluding tert-OH is 2. The van der Waals surface area contributed by atoms with Crippen LogP contribution in [0, 0.1) is 17.1 Å². The molecule has 0 radical (unpaired) electrons. The van der Waals surface area contributed by atoms with E-state index in [0.717, 1.165) is 0 Å². The third kappa shape index (κ3) is 2.47. The van der Waals surface area contributed by atoms with Gasteiger partial charge in [-0.2, -0.15) is 4.39 Å². The van der Waals surface area contributed by atoms with E-state index >= 15 is 0 Å². The Morgan fingerprint density at radius 2 is 2.24 bits per heavy atom. The van der Waals surface area contributed by atoms with Crippen LogP contribution in [-0.2, 0) is 4.74 Å². The van der Waals surface area contributed by atoms with E-state index in [4.69, 9.17) is 21.4 Å². The summed E-state index contributed by atoms with van der Waals surface area (Å²) in [6.07, 6.45) is -4.81. The number of hydrogen-bond donors (Lipinski definition) is 3. The molecule has 0 amide bonds. The molecule has 0 saturated carbocycles. The number of hydrogen-bond acceptors (Lipinski definition) is 5. The second-order valence-corrected chi connectivity index (χ2v) is 4.47. The van der Waals surface area contributed by atoms with Crippen molar-refractivity contribution in [2.75, 3.05) is 6.61 Å². The van der Waals surface area contributed by atoms with E-state index in [2.05, 4.69) is 0 Å². The molecule has 3 N–H and O–H groups in total. The Morgan fingerprint density at radius 3 is 2.81 bits per heavy atom. The van der Waals surface area contributed by atoms with Crippen LogP contribution in [0.4, 0.5) is 8.78 Å². The highest BCUT2D eigenvalue weighted by molar-refractivity contribution is 6.30. The highest BCUT2D eigenvalue weighted by Gasteiger charge is 2.58. The van der Waals surface area contributed by atoms with Gasteiger partial charge in [0.1, 0.15) is 12.2 Å². The lowest BCUT2D eigenvalue weighted by molar-refractivity contribution is -0.0547. The van der Waals surface area contributed by atoms with Crippen molar-refractivity contribution in [2.24, 2.45) is 0 Å². The summed E-state index contributed by atoms with van der Waals surface area (Å²) in [6, 6.07) is 0. The first-order valence-electron chi connectivity index (χ1n) is 5.62. The third-order valence-electron chi connectivity index (χ3n) is 3.04. The molecule has 2 heterocycles. The van der Waals surface area contributed by atoms with E-state index in [-0.39, 0.29) is 0 Å². The quantitative estimate of drug-likeness (QED) is 0.595. The fourth-order valence-electron chi connectivity index (χ4n) is 2.01. The number of nitrogens with one attached hydrogen (secondary N) is 1. The SMILES string of the molecule is O=c1[nH]c(=O)n(C2OC(CO)[C@H](O)C2(F)C#CCl)cc1F. The highest BCUT2D eigenvalue weighted by atomic mass is 35.5. The molecule has 1 saturated heterocycles. The van der Waals surface area contributed by atoms with Crippen LogP contribution < -0.4 is 11.2 Å². The van der Waals surface area contributed by atoms with Gasteiger partial charge in [0.2, 0.25) is 11.5 Å². The first-order chi connectivity index (χ1) is 9.85. The monoisotopic (exact) mass is 322 g/mol. The predicted molar refractivity (Wildman–Crippen MR) is 65.8 cm³/mol. The van der Waals surface area contributed by atoms with Crippen molar-refractivity contribution in [1.29, 1.82) is 0 Å². The lowest BCUT2D eigenvalue weighted by Gasteiger charge is -2.23. The van der Waals surface area contributed by atoms with Gasteiger partial charge >= 0.3 is 5.69 Å². The third-order valence-corrected chi connectivity index (χ3v) is 3.14. The molecular weight excluding hydrogens is 314 g/mol. The number of alkyl halides is 1. The highest BCUT2D eigenvalue weighted by Crippen LogP contribution is 2.40. The van der Waals surface area contributed by atoms with Crippen LogP contribution in [0.1, 0.15) is 6.23 Å². The molecule has 2 rings (SSSR count). The average molecular weight is 323 g/mol. The van der Waals surface area contributed by atoms with Crippen molar-refractivity contribution >= 4 is 11.6 Å². The Hall–Kier alpha value is -1.73. The number of H-pyrrole nitrogens is 1. The molecule has 1 aromatic heterocycles. The van der Waals surface area contributed by atoms with Crippen LogP contribution in [0.3, 0.4) is 0 Å². The largest absolute Gasteiger partial charge is 0.394 e. The summed E-state index contributed by atoms with van der Waals surface area (Å²) < 4.78 is 33.4. The molecule has 1 aromatic rings. The smallest absolute Gasteiger partial charge is 0.330 e. The van der Waals surface area contributed by atoms with Crippen LogP contribution in [0.15, 0.2) is 15.8 Å². The summed E-state index contributed by atoms with van der Waals surface area (Å²) in [5.41, 5.74) is -5.33. The summed E-state index contributed by atoms with van der Waals surface area (Å²) in [7, 11) is 0. The molecule has 0 aromatic carbocycles. The first kappa shape index (κ1) is 15.7. The van der Waals surface area contributed by atoms with Crippen molar-refractivity contribution in [1.82, 2.24) is 9.55 Å². The molecule has 0 bridgehead atoms. The molecule has 114 valence electrons. The minimum absolute atomic E-state index is 0.386. The summed E-state index contributed by atoms with van der Waals surface area (Å²) in [5, 5.41) is 20.5. The molecule has 10 heteroatoms. The Kier molecular flexibility index (Phi) is 4.15. The Morgan fingerprint density at radius 1 is 1.57 bits per heavy atom. The van der Waals surface area contributed by atoms with E-state index in [0.29, 0.717) is 10.8 Å². The van der Waals surface area contributed by atoms with Gasteiger partial charge in [-0.05, 0) is 17.5 Å². The number of aliphatic hydroxyl groups is 2. The second kappa shape index (κ2) is 5.57. The molecule has 1 fully saturated rings. The van der Waals surface area contributed by atoms with Crippen LogP contribution >= 0.6 is 11.6 Å². The lowest BCUT2D eigenvalue weighted by Crippen LogP contribution is -2.45. The zero-order valence-corrected chi connectivity index (χ0v) is 11.0. The molecule has 21 heavy (non-hydrogen) atoms. The summed E-state index contributed by atoms with van der Waals surface area (Å²) >= 11 is 5.13. The Balaban J connectivity index is 2.60. The molecule has 1 aliphatic heterocycles. The van der Waals surface area contributed by atoms with Crippen LogP contribution in [0.25, 0.3) is 0 Å². The Bertz CT molecular complexity index is 724. The zero-order valence-electron chi connectivity index (χ0n) is 10.2. The normalized spacial score (nSPS) is 31.8. The zero-order chi connectivity index (χ0) is 15.8. The van der Waals surface area contributed by atoms with Gasteiger partial charge < -0.3 is 14.9 Å². The number of rotatable bonds is 2. The fourth-order valence-corrected chi connectivity index (χ4v) is 2.15. The number of nitrogens with zero attached hydrogens (tertiary/aromatic N) is 1. The topological polar surface area (TPSA) is 105 Å². The maximum absolute atomic E-state index is 14.8. The van der Waals surface area contributed by atoms with Gasteiger partial charge in [0, 0.05) is 5.38 Å². The van der Waals surface area contributed by atoms with Gasteiger partial charge in [0.25, 0.3) is 5.56 Å². The van der Waals surface area contributed by atoms with E-state index in [9.17, 15) is 23.5 Å². The number of ether oxygens (including phenoxy) is 1. The van der Waals surface area contributed by atoms with Gasteiger partial charge in [-0.25, -0.2) is 9.18 Å². The average Bonchev–Trinajstić information content (AvgIpc) is 2.67. The van der Waals surface area contributed by atoms with Crippen LogP contribution in [0.5, 0.6) is 0 Å². The van der Waals surface area contributed by atoms with Crippen molar-refractivity contribution < 1.29 is 23.7 Å². The summed E-state index contributed by atoms with van der Waals surface area (Å²) in [6.45, 7) is -0.770. The van der Waals surface area contributed by atoms with Gasteiger partial charge in [-0.1, -0.05) is 0 Å². The van der Waals surface area contributed by atoms with Crippen molar-refractivity contribution in [3.8, 4) is 11.3 Å². The molecule has 0 spiro atoms. The number of aromatic amines is 1. The first-order valence-corrected chi connectivity index (χ1v) is 6.00. The standard InChI is InChI=1S/C11H9ClF2N2O5/c12-2-1-11(14)7(18)6(4-17)21-9(11)16-3-5(13)8(19)15-10(16)20/h3,6-7,9,17-18H,4H2,(H,15,19,20)/t6?,7-,9?,11?/m0/s1. The molecule has 4 atom stereocenters. The number of aromatic nitrogens is 2. The van der Waals surface area contributed by atoms with Crippen molar-refractivity contribution in [2.45, 2.75) is 24.1 Å². The van der Waals surface area contributed by atoms with Gasteiger partial charge in [-0.15, -0.1) is 0 Å². The van der Waals surface area contributed by atoms with Crippen LogP contribution in [-0.4, -0.2) is 44.2 Å². The maximum Gasteiger partial charge on any atom is 0.330 e. The molecule has 0 aliphatic carbocycles. The molecular formula is C11H9ClF2N2O5. The van der Waals surface area contributed by atoms with Crippen molar-refractivity contribution in [3.63, 3.8) is 0 Å². The lowest BCUT2D eigenvalue weighted by atomic mass is 9.97. The minimum Gasteiger partial charge on any atom is -0.394 e. The Labute approximate surface area is 120 Å². The maximum atomic E-state index is 14.8. The fraction of sp³-hybridized carbons (Fsp3) is 0.455. The molecule has 1 aliphatic rings. The summed E-state index contributed by atoms with van der Waals surface area (Å²) in [4.78, 5) is 24.2. The second-order valence-electron chi connectivity index (χ2n) is 4.29. The van der Waals surface area contributed by atoms with E-state index in [1.54, 1.807) is 10.4 Å². The van der Waals surface area contributed by atoms with Crippen molar-refractivity contribution in [3.05, 3.63) is 32.9 Å². The predicted octanol–water partition coefficient (Wildman–Crippen LogP) is -1.17. The van der Waals surface area contributed by atoms with E-state index < -0.39 is 47.8 Å². The summed E-state index contributed by atoms with van der Waals surface area (Å²) in [5.74, 6) is 0.473. The van der Waals surface area contributed by atoms with Crippen LogP contribution in [0.2, 0.25) is 0 Å². The number of halogens is 3. The van der Waals surface area contributed by atoms with Gasteiger partial charge in [-0.3, -0.25) is 14.3 Å². The van der Waals surface area contributed by atoms with E-state index in [1.165, 1.54) is 0 Å². The van der Waals surface area contributed by atoms with Gasteiger partial charge in [0.15, 0.2) is 6.23 Å². The molecule has 7 nitrogen and oxygen atoms in total. The van der Waals surface area contributed by atoms with Gasteiger partial charge in [0.05, 0.1) is 12.8 Å². The van der Waals surface area contributed by atoms with E-state index in [1.807, 2.05) is 5.92 Å². The molecule has 3 unspecified atom stereocenters.